The predicted molar refractivity (Wildman–Crippen MR) is 97.2 cm³/mol. The van der Waals surface area contributed by atoms with E-state index in [2.05, 4.69) is 38.1 Å². The number of hydrogen-bond donors (Lipinski definition) is 0. The Morgan fingerprint density at radius 2 is 1.57 bits per heavy atom. The van der Waals surface area contributed by atoms with Crippen molar-refractivity contribution < 1.29 is 4.79 Å². The maximum absolute atomic E-state index is 12.6. The van der Waals surface area contributed by atoms with E-state index in [-0.39, 0.29) is 5.78 Å². The Balaban J connectivity index is 1.57. The first-order chi connectivity index (χ1) is 11.0. The van der Waals surface area contributed by atoms with Crippen LogP contribution >= 0.6 is 11.8 Å². The van der Waals surface area contributed by atoms with Gasteiger partial charge in [0.2, 0.25) is 0 Å². The van der Waals surface area contributed by atoms with Crippen molar-refractivity contribution in [3.8, 4) is 11.1 Å². The second-order valence-electron chi connectivity index (χ2n) is 7.56. The molecule has 0 amide bonds. The van der Waals surface area contributed by atoms with Gasteiger partial charge >= 0.3 is 0 Å². The van der Waals surface area contributed by atoms with E-state index < -0.39 is 0 Å². The summed E-state index contributed by atoms with van der Waals surface area (Å²) in [5.74, 6) is 0.183. The number of hydrogen-bond acceptors (Lipinski definition) is 2. The quantitative estimate of drug-likeness (QED) is 0.579. The van der Waals surface area contributed by atoms with E-state index in [1.54, 1.807) is 0 Å². The molecule has 1 fully saturated rings. The van der Waals surface area contributed by atoms with Gasteiger partial charge in [-0.05, 0) is 54.4 Å². The van der Waals surface area contributed by atoms with Crippen LogP contribution in [0.2, 0.25) is 0 Å². The van der Waals surface area contributed by atoms with E-state index in [0.717, 1.165) is 22.3 Å². The highest BCUT2D eigenvalue weighted by atomic mass is 32.2. The third kappa shape index (κ3) is 2.74. The molecule has 0 bridgehead atoms. The van der Waals surface area contributed by atoms with Crippen molar-refractivity contribution in [1.82, 2.24) is 0 Å². The lowest BCUT2D eigenvalue weighted by Crippen LogP contribution is -2.22. The van der Waals surface area contributed by atoms with Crippen LogP contribution in [0, 0.1) is 5.41 Å². The van der Waals surface area contributed by atoms with Crippen LogP contribution in [0.1, 0.15) is 55.5 Å². The summed E-state index contributed by atoms with van der Waals surface area (Å²) in [6, 6.07) is 14.4. The summed E-state index contributed by atoms with van der Waals surface area (Å²) in [6.07, 6.45) is 5.17. The number of carbonyl (C=O) groups excluding carboxylic acids is 1. The zero-order valence-corrected chi connectivity index (χ0v) is 14.6. The molecule has 0 N–H and O–H groups in total. The highest BCUT2D eigenvalue weighted by Gasteiger charge is 2.29. The van der Waals surface area contributed by atoms with Crippen molar-refractivity contribution in [2.75, 3.05) is 0 Å². The van der Waals surface area contributed by atoms with E-state index in [9.17, 15) is 4.79 Å². The minimum atomic E-state index is 0.183. The van der Waals surface area contributed by atoms with Gasteiger partial charge in [0, 0.05) is 21.3 Å². The van der Waals surface area contributed by atoms with Gasteiger partial charge in [-0.2, -0.15) is 0 Å². The second kappa shape index (κ2) is 5.52. The molecule has 2 heteroatoms. The minimum Gasteiger partial charge on any atom is -0.289 e. The van der Waals surface area contributed by atoms with Crippen molar-refractivity contribution >= 4 is 17.5 Å². The summed E-state index contributed by atoms with van der Waals surface area (Å²) in [5, 5.41) is 0.694. The number of carbonyl (C=O) groups is 1. The maximum Gasteiger partial charge on any atom is 0.194 e. The molecule has 0 radical (unpaired) electrons. The summed E-state index contributed by atoms with van der Waals surface area (Å²) in [7, 11) is 0. The molecule has 23 heavy (non-hydrogen) atoms. The molecule has 0 unspecified atom stereocenters. The van der Waals surface area contributed by atoms with Gasteiger partial charge in [-0.25, -0.2) is 0 Å². The molecule has 0 spiro atoms. The van der Waals surface area contributed by atoms with Crippen LogP contribution in [0.5, 0.6) is 0 Å². The molecule has 118 valence electrons. The van der Waals surface area contributed by atoms with Gasteiger partial charge in [-0.15, -0.1) is 11.8 Å². The van der Waals surface area contributed by atoms with Gasteiger partial charge in [0.1, 0.15) is 0 Å². The largest absolute Gasteiger partial charge is 0.289 e. The first-order valence-corrected chi connectivity index (χ1v) is 9.36. The third-order valence-corrected chi connectivity index (χ3v) is 6.62. The molecule has 1 nitrogen and oxygen atoms in total. The molecule has 0 atom stereocenters. The van der Waals surface area contributed by atoms with Crippen molar-refractivity contribution in [3.05, 3.63) is 53.6 Å². The summed E-state index contributed by atoms with van der Waals surface area (Å²) >= 11 is 1.96. The lowest BCUT2D eigenvalue weighted by Gasteiger charge is -2.34. The number of rotatable bonds is 2. The fourth-order valence-electron chi connectivity index (χ4n) is 3.76. The second-order valence-corrected chi connectivity index (χ2v) is 8.94. The Labute approximate surface area is 142 Å². The lowest BCUT2D eigenvalue weighted by atomic mass is 9.77. The monoisotopic (exact) mass is 322 g/mol. The number of ketones is 1. The minimum absolute atomic E-state index is 0.183. The fraction of sp³-hybridized carbons (Fsp3) is 0.381. The molecule has 0 heterocycles. The van der Waals surface area contributed by atoms with Crippen LogP contribution in [-0.2, 0) is 0 Å². The Kier molecular flexibility index (Phi) is 3.60. The van der Waals surface area contributed by atoms with E-state index in [1.165, 1.54) is 30.6 Å². The topological polar surface area (TPSA) is 17.1 Å². The zero-order valence-electron chi connectivity index (χ0n) is 13.8. The van der Waals surface area contributed by atoms with Crippen LogP contribution in [-0.4, -0.2) is 11.0 Å². The average Bonchev–Trinajstić information content (AvgIpc) is 2.83. The highest BCUT2D eigenvalue weighted by molar-refractivity contribution is 8.00. The molecule has 0 aliphatic heterocycles. The highest BCUT2D eigenvalue weighted by Crippen LogP contribution is 2.43. The van der Waals surface area contributed by atoms with Crippen molar-refractivity contribution in [1.29, 1.82) is 0 Å². The van der Waals surface area contributed by atoms with Crippen molar-refractivity contribution in [2.24, 2.45) is 5.41 Å². The van der Waals surface area contributed by atoms with Crippen LogP contribution in [0.15, 0.2) is 47.4 Å². The van der Waals surface area contributed by atoms with Crippen LogP contribution in [0.4, 0.5) is 0 Å². The maximum atomic E-state index is 12.6. The molecular weight excluding hydrogens is 300 g/mol. The summed E-state index contributed by atoms with van der Waals surface area (Å²) in [5.41, 5.74) is 4.42. The van der Waals surface area contributed by atoms with Crippen LogP contribution in [0.3, 0.4) is 0 Å². The first-order valence-electron chi connectivity index (χ1n) is 8.48. The third-order valence-electron chi connectivity index (χ3n) is 5.29. The van der Waals surface area contributed by atoms with Gasteiger partial charge in [-0.1, -0.05) is 44.2 Å². The van der Waals surface area contributed by atoms with Crippen LogP contribution in [0.25, 0.3) is 11.1 Å². The van der Waals surface area contributed by atoms with E-state index in [4.69, 9.17) is 0 Å². The van der Waals surface area contributed by atoms with Crippen molar-refractivity contribution in [2.45, 2.75) is 49.7 Å². The lowest BCUT2D eigenvalue weighted by molar-refractivity contribution is 0.104. The van der Waals surface area contributed by atoms with Gasteiger partial charge in [0.15, 0.2) is 5.78 Å². The molecule has 2 aromatic carbocycles. The molecule has 0 aromatic heterocycles. The van der Waals surface area contributed by atoms with Crippen molar-refractivity contribution in [3.63, 3.8) is 0 Å². The summed E-state index contributed by atoms with van der Waals surface area (Å²) in [6.45, 7) is 4.75. The molecule has 2 aromatic rings. The standard InChI is InChI=1S/C21H22OS/c1-21(2)11-9-14(10-12-21)23-15-7-8-17-16-5-3-4-6-18(16)20(22)19(17)13-15/h3-8,13-14H,9-12H2,1-2H3. The Hall–Kier alpha value is -1.54. The Morgan fingerprint density at radius 1 is 0.913 bits per heavy atom. The van der Waals surface area contributed by atoms with Crippen LogP contribution < -0.4 is 0 Å². The Bertz CT molecular complexity index is 765. The molecule has 4 rings (SSSR count). The van der Waals surface area contributed by atoms with Gasteiger partial charge in [-0.3, -0.25) is 4.79 Å². The fourth-order valence-corrected chi connectivity index (χ4v) is 4.95. The number of thioether (sulfide) groups is 1. The van der Waals surface area contributed by atoms with Gasteiger partial charge in [0.25, 0.3) is 0 Å². The van der Waals surface area contributed by atoms with E-state index in [0.29, 0.717) is 10.7 Å². The van der Waals surface area contributed by atoms with Gasteiger partial charge < -0.3 is 0 Å². The van der Waals surface area contributed by atoms with E-state index in [1.807, 2.05) is 30.0 Å². The Morgan fingerprint density at radius 3 is 2.30 bits per heavy atom. The summed E-state index contributed by atoms with van der Waals surface area (Å²) in [4.78, 5) is 13.9. The predicted octanol–water partition coefficient (Wildman–Crippen LogP) is 5.96. The number of fused-ring (bicyclic) bond motifs is 3. The SMILES string of the molecule is CC1(C)CCC(Sc2ccc3c(c2)C(=O)c2ccccc2-3)CC1. The van der Waals surface area contributed by atoms with Gasteiger partial charge in [0.05, 0.1) is 0 Å². The molecular formula is C21H22OS. The smallest absolute Gasteiger partial charge is 0.194 e. The summed E-state index contributed by atoms with van der Waals surface area (Å²) < 4.78 is 0. The zero-order chi connectivity index (χ0) is 16.0. The molecule has 2 aliphatic carbocycles. The molecule has 0 saturated heterocycles. The number of benzene rings is 2. The molecule has 2 aliphatic rings. The average molecular weight is 322 g/mol. The normalized spacial score (nSPS) is 19.5. The van der Waals surface area contributed by atoms with E-state index >= 15 is 0 Å². The first kappa shape index (κ1) is 15.0. The molecule has 1 saturated carbocycles.